The van der Waals surface area contributed by atoms with Gasteiger partial charge in [0.05, 0.1) is 24.2 Å². The summed E-state index contributed by atoms with van der Waals surface area (Å²) in [6.07, 6.45) is 0.716. The Bertz CT molecular complexity index is 1410. The number of ether oxygens (including phenoxy) is 1. The van der Waals surface area contributed by atoms with Crippen molar-refractivity contribution in [2.24, 2.45) is 0 Å². The minimum atomic E-state index is -0.322. The van der Waals surface area contributed by atoms with Crippen LogP contribution in [0.5, 0.6) is 5.75 Å². The highest BCUT2D eigenvalue weighted by molar-refractivity contribution is 6.03. The van der Waals surface area contributed by atoms with Crippen molar-refractivity contribution in [3.8, 4) is 11.4 Å². The average molecular weight is 514 g/mol. The fourth-order valence-corrected chi connectivity index (χ4v) is 4.16. The van der Waals surface area contributed by atoms with Crippen molar-refractivity contribution in [1.29, 1.82) is 0 Å². The Balaban J connectivity index is 1.54. The van der Waals surface area contributed by atoms with Crippen LogP contribution in [0.3, 0.4) is 0 Å². The smallest absolute Gasteiger partial charge is 0.322 e. The number of hydrogen-bond donors (Lipinski definition) is 2. The summed E-state index contributed by atoms with van der Waals surface area (Å²) in [5.41, 5.74) is 2.12. The van der Waals surface area contributed by atoms with E-state index >= 15 is 0 Å². The molecular formula is C30H35N5O3. The summed E-state index contributed by atoms with van der Waals surface area (Å²) in [5, 5.41) is 12.7. The normalized spacial score (nSPS) is 11.3. The van der Waals surface area contributed by atoms with E-state index in [-0.39, 0.29) is 23.9 Å². The van der Waals surface area contributed by atoms with E-state index in [1.807, 2.05) is 79.7 Å². The van der Waals surface area contributed by atoms with Gasteiger partial charge in [-0.15, -0.1) is 0 Å². The second kappa shape index (κ2) is 11.4. The molecule has 3 amide bonds. The molecule has 1 heterocycles. The molecule has 0 aliphatic heterocycles. The first kappa shape index (κ1) is 26.7. The Kier molecular flexibility index (Phi) is 8.00. The zero-order valence-corrected chi connectivity index (χ0v) is 22.6. The van der Waals surface area contributed by atoms with Gasteiger partial charge in [-0.3, -0.25) is 4.79 Å². The van der Waals surface area contributed by atoms with Gasteiger partial charge in [-0.25, -0.2) is 9.48 Å². The molecule has 38 heavy (non-hydrogen) atoms. The van der Waals surface area contributed by atoms with E-state index in [9.17, 15) is 9.59 Å². The fourth-order valence-electron chi connectivity index (χ4n) is 4.16. The summed E-state index contributed by atoms with van der Waals surface area (Å²) in [6.45, 7) is 8.53. The number of fused-ring (bicyclic) bond motifs is 1. The number of hydrogen-bond acceptors (Lipinski definition) is 4. The lowest BCUT2D eigenvalue weighted by molar-refractivity contribution is -0.116. The molecule has 0 saturated carbocycles. The van der Waals surface area contributed by atoms with Crippen molar-refractivity contribution in [3.05, 3.63) is 78.5 Å². The maximum absolute atomic E-state index is 13.2. The number of aromatic nitrogens is 2. The number of anilines is 2. The summed E-state index contributed by atoms with van der Waals surface area (Å²) < 4.78 is 6.98. The number of carbonyl (C=O) groups is 2. The Labute approximate surface area is 223 Å². The number of nitrogens with zero attached hydrogens (tertiary/aromatic N) is 3. The Morgan fingerprint density at radius 1 is 0.974 bits per heavy atom. The SMILES string of the molecule is CCCN(CC(=O)Nc1cc(C(C)(C)C)nn1-c1ccc(OC)cc1)C(=O)Nc1cccc2ccccc12. The number of urea groups is 1. The van der Waals surface area contributed by atoms with Gasteiger partial charge in [0.25, 0.3) is 0 Å². The predicted octanol–water partition coefficient (Wildman–Crippen LogP) is 6.21. The van der Waals surface area contributed by atoms with E-state index in [2.05, 4.69) is 31.4 Å². The van der Waals surface area contributed by atoms with Crippen LogP contribution in [0, 0.1) is 0 Å². The van der Waals surface area contributed by atoms with Gasteiger partial charge >= 0.3 is 6.03 Å². The summed E-state index contributed by atoms with van der Waals surface area (Å²) in [7, 11) is 1.62. The topological polar surface area (TPSA) is 88.5 Å². The Morgan fingerprint density at radius 3 is 2.37 bits per heavy atom. The van der Waals surface area contributed by atoms with Crippen LogP contribution in [0.2, 0.25) is 0 Å². The Morgan fingerprint density at radius 2 is 1.68 bits per heavy atom. The molecule has 0 spiro atoms. The van der Waals surface area contributed by atoms with Gasteiger partial charge in [0, 0.05) is 23.4 Å². The number of nitrogens with one attached hydrogen (secondary N) is 2. The van der Waals surface area contributed by atoms with Crippen LogP contribution in [0.25, 0.3) is 16.5 Å². The van der Waals surface area contributed by atoms with Gasteiger partial charge in [-0.1, -0.05) is 64.1 Å². The second-order valence-corrected chi connectivity index (χ2v) is 10.2. The number of rotatable bonds is 8. The van der Waals surface area contributed by atoms with Gasteiger partial charge in [0.2, 0.25) is 5.91 Å². The van der Waals surface area contributed by atoms with Gasteiger partial charge < -0.3 is 20.3 Å². The third-order valence-electron chi connectivity index (χ3n) is 6.21. The minimum Gasteiger partial charge on any atom is -0.497 e. The first-order valence-electron chi connectivity index (χ1n) is 12.8. The lowest BCUT2D eigenvalue weighted by atomic mass is 9.92. The van der Waals surface area contributed by atoms with E-state index in [0.29, 0.717) is 24.5 Å². The molecule has 0 radical (unpaired) electrons. The quantitative estimate of drug-likeness (QED) is 0.293. The molecule has 0 bridgehead atoms. The predicted molar refractivity (Wildman–Crippen MR) is 152 cm³/mol. The van der Waals surface area contributed by atoms with Crippen molar-refractivity contribution >= 4 is 34.2 Å². The summed E-state index contributed by atoms with van der Waals surface area (Å²) in [6, 6.07) is 22.7. The second-order valence-electron chi connectivity index (χ2n) is 10.2. The van der Waals surface area contributed by atoms with Crippen LogP contribution in [-0.2, 0) is 10.2 Å². The lowest BCUT2D eigenvalue weighted by Gasteiger charge is -2.22. The third kappa shape index (κ3) is 6.14. The average Bonchev–Trinajstić information content (AvgIpc) is 3.33. The molecule has 8 nitrogen and oxygen atoms in total. The standard InChI is InChI=1S/C30H35N5O3/c1-6-18-34(29(37)31-25-13-9-11-21-10-7-8-12-24(21)25)20-28(36)32-27-19-26(30(2,3)4)33-35(27)22-14-16-23(38-5)17-15-22/h7-17,19H,6,18,20H2,1-5H3,(H,31,37)(H,32,36). The van der Waals surface area contributed by atoms with Crippen LogP contribution in [-0.4, -0.2) is 46.8 Å². The van der Waals surface area contributed by atoms with Crippen LogP contribution in [0.15, 0.2) is 72.8 Å². The minimum absolute atomic E-state index is 0.0942. The number of amides is 3. The van der Waals surface area contributed by atoms with Gasteiger partial charge in [0.1, 0.15) is 18.1 Å². The maximum Gasteiger partial charge on any atom is 0.322 e. The lowest BCUT2D eigenvalue weighted by Crippen LogP contribution is -2.41. The summed E-state index contributed by atoms with van der Waals surface area (Å²) >= 11 is 0. The molecule has 4 rings (SSSR count). The highest BCUT2D eigenvalue weighted by Gasteiger charge is 2.23. The van der Waals surface area contributed by atoms with Crippen LogP contribution in [0.4, 0.5) is 16.3 Å². The summed E-state index contributed by atoms with van der Waals surface area (Å²) in [5.74, 6) is 0.965. The number of carbonyl (C=O) groups excluding carboxylic acids is 2. The molecule has 0 unspecified atom stereocenters. The van der Waals surface area contributed by atoms with Crippen molar-refractivity contribution in [1.82, 2.24) is 14.7 Å². The maximum atomic E-state index is 13.2. The molecule has 198 valence electrons. The highest BCUT2D eigenvalue weighted by Crippen LogP contribution is 2.27. The molecule has 0 aliphatic rings. The third-order valence-corrected chi connectivity index (χ3v) is 6.21. The molecule has 2 N–H and O–H groups in total. The molecule has 0 fully saturated rings. The molecule has 3 aromatic carbocycles. The van der Waals surface area contributed by atoms with E-state index in [1.54, 1.807) is 11.8 Å². The van der Waals surface area contributed by atoms with E-state index in [4.69, 9.17) is 9.84 Å². The molecular weight excluding hydrogens is 478 g/mol. The molecule has 0 saturated heterocycles. The fraction of sp³-hybridized carbons (Fsp3) is 0.300. The zero-order valence-electron chi connectivity index (χ0n) is 22.6. The van der Waals surface area contributed by atoms with Gasteiger partial charge in [0.15, 0.2) is 0 Å². The number of benzene rings is 3. The molecule has 1 aromatic heterocycles. The van der Waals surface area contributed by atoms with E-state index in [0.717, 1.165) is 27.9 Å². The molecule has 0 aliphatic carbocycles. The van der Waals surface area contributed by atoms with Crippen molar-refractivity contribution in [3.63, 3.8) is 0 Å². The van der Waals surface area contributed by atoms with Gasteiger partial charge in [-0.2, -0.15) is 5.10 Å². The summed E-state index contributed by atoms with van der Waals surface area (Å²) in [4.78, 5) is 28.0. The molecule has 0 atom stereocenters. The Hall–Kier alpha value is -4.33. The van der Waals surface area contributed by atoms with Crippen molar-refractivity contribution < 1.29 is 14.3 Å². The first-order chi connectivity index (χ1) is 18.2. The zero-order chi connectivity index (χ0) is 27.3. The highest BCUT2D eigenvalue weighted by atomic mass is 16.5. The van der Waals surface area contributed by atoms with Crippen LogP contribution < -0.4 is 15.4 Å². The largest absolute Gasteiger partial charge is 0.497 e. The molecule has 4 aromatic rings. The van der Waals surface area contributed by atoms with Crippen LogP contribution >= 0.6 is 0 Å². The van der Waals surface area contributed by atoms with Crippen LogP contribution in [0.1, 0.15) is 39.8 Å². The van der Waals surface area contributed by atoms with Gasteiger partial charge in [-0.05, 0) is 42.1 Å². The van der Waals surface area contributed by atoms with E-state index < -0.39 is 0 Å². The monoisotopic (exact) mass is 513 g/mol. The van der Waals surface area contributed by atoms with Crippen molar-refractivity contribution in [2.75, 3.05) is 30.8 Å². The van der Waals surface area contributed by atoms with Crippen molar-refractivity contribution in [2.45, 2.75) is 39.5 Å². The van der Waals surface area contributed by atoms with E-state index in [1.165, 1.54) is 4.90 Å². The first-order valence-corrected chi connectivity index (χ1v) is 12.8. The number of methoxy groups -OCH3 is 1. The molecule has 8 heteroatoms.